The number of urea groups is 1. The van der Waals surface area contributed by atoms with E-state index in [0.29, 0.717) is 25.9 Å². The Morgan fingerprint density at radius 1 is 1.42 bits per heavy atom. The highest BCUT2D eigenvalue weighted by Gasteiger charge is 2.34. The molecule has 1 saturated heterocycles. The molecule has 0 radical (unpaired) electrons. The third kappa shape index (κ3) is 4.11. The first-order valence-corrected chi connectivity index (χ1v) is 6.42. The molecule has 19 heavy (non-hydrogen) atoms. The largest absolute Gasteiger partial charge is 0.481 e. The highest BCUT2D eigenvalue weighted by Crippen LogP contribution is 2.19. The van der Waals surface area contributed by atoms with Crippen LogP contribution in [0.2, 0.25) is 0 Å². The number of carboxylic acid groups (broad SMARTS) is 1. The van der Waals surface area contributed by atoms with Crippen LogP contribution in [-0.4, -0.2) is 66.0 Å². The van der Waals surface area contributed by atoms with Crippen molar-refractivity contribution in [3.05, 3.63) is 0 Å². The molecule has 0 spiro atoms. The lowest BCUT2D eigenvalue weighted by Crippen LogP contribution is -2.49. The summed E-state index contributed by atoms with van der Waals surface area (Å²) in [6, 6.07) is -0.615. The van der Waals surface area contributed by atoms with Gasteiger partial charge in [-0.1, -0.05) is 0 Å². The van der Waals surface area contributed by atoms with Crippen LogP contribution in [0.1, 0.15) is 25.7 Å². The van der Waals surface area contributed by atoms with Gasteiger partial charge in [-0.2, -0.15) is 0 Å². The molecule has 0 aromatic carbocycles. The Morgan fingerprint density at radius 3 is 2.68 bits per heavy atom. The van der Waals surface area contributed by atoms with Gasteiger partial charge in [-0.15, -0.1) is 0 Å². The standard InChI is InChI=1S/C12H21N3O4/c1-13-11(18)9-5-3-8-15(9)12(19)14(2)7-4-6-10(16)17/h9H,3-8H2,1-2H3,(H,13,18)(H,16,17). The van der Waals surface area contributed by atoms with Crippen LogP contribution in [0.25, 0.3) is 0 Å². The number of hydrogen-bond acceptors (Lipinski definition) is 3. The molecular weight excluding hydrogens is 250 g/mol. The van der Waals surface area contributed by atoms with Gasteiger partial charge in [-0.3, -0.25) is 9.59 Å². The average Bonchev–Trinajstić information content (AvgIpc) is 2.85. The second kappa shape index (κ2) is 6.96. The fourth-order valence-corrected chi connectivity index (χ4v) is 2.22. The van der Waals surface area contributed by atoms with Gasteiger partial charge in [0, 0.05) is 33.6 Å². The minimum absolute atomic E-state index is 0.0382. The second-order valence-electron chi connectivity index (χ2n) is 4.67. The topological polar surface area (TPSA) is 90.0 Å². The van der Waals surface area contributed by atoms with Crippen molar-refractivity contribution in [2.45, 2.75) is 31.7 Å². The Morgan fingerprint density at radius 2 is 2.11 bits per heavy atom. The van der Waals surface area contributed by atoms with E-state index in [1.807, 2.05) is 0 Å². The summed E-state index contributed by atoms with van der Waals surface area (Å²) in [4.78, 5) is 37.3. The number of likely N-dealkylation sites (tertiary alicyclic amines) is 1. The molecule has 1 rings (SSSR count). The summed E-state index contributed by atoms with van der Waals surface area (Å²) in [5.41, 5.74) is 0. The number of aliphatic carboxylic acids is 1. The number of hydrogen-bond donors (Lipinski definition) is 2. The molecule has 1 unspecified atom stereocenters. The maximum atomic E-state index is 12.2. The summed E-state index contributed by atoms with van der Waals surface area (Å²) in [7, 11) is 3.18. The molecule has 0 saturated carbocycles. The van der Waals surface area contributed by atoms with Crippen molar-refractivity contribution in [2.75, 3.05) is 27.2 Å². The van der Waals surface area contributed by atoms with E-state index in [0.717, 1.165) is 6.42 Å². The highest BCUT2D eigenvalue weighted by molar-refractivity contribution is 5.87. The Bertz CT molecular complexity index is 359. The zero-order chi connectivity index (χ0) is 14.4. The van der Waals surface area contributed by atoms with E-state index in [4.69, 9.17) is 5.11 Å². The molecule has 0 bridgehead atoms. The first-order chi connectivity index (χ1) is 8.97. The minimum Gasteiger partial charge on any atom is -0.481 e. The Balaban J connectivity index is 2.51. The minimum atomic E-state index is -0.870. The maximum Gasteiger partial charge on any atom is 0.320 e. The first-order valence-electron chi connectivity index (χ1n) is 6.42. The Kier molecular flexibility index (Phi) is 5.59. The zero-order valence-electron chi connectivity index (χ0n) is 11.4. The number of carbonyl (C=O) groups is 3. The van der Waals surface area contributed by atoms with E-state index < -0.39 is 12.0 Å². The number of amides is 3. The lowest BCUT2D eigenvalue weighted by molar-refractivity contribution is -0.137. The molecule has 0 aromatic heterocycles. The molecule has 7 nitrogen and oxygen atoms in total. The van der Waals surface area contributed by atoms with Crippen LogP contribution in [0.5, 0.6) is 0 Å². The van der Waals surface area contributed by atoms with Crippen LogP contribution in [0.15, 0.2) is 0 Å². The summed E-state index contributed by atoms with van der Waals surface area (Å²) in [5.74, 6) is -1.02. The normalized spacial score (nSPS) is 18.2. The van der Waals surface area contributed by atoms with Crippen LogP contribution >= 0.6 is 0 Å². The van der Waals surface area contributed by atoms with Crippen LogP contribution < -0.4 is 5.32 Å². The summed E-state index contributed by atoms with van der Waals surface area (Å²) in [6.07, 6.45) is 1.94. The Hall–Kier alpha value is -1.79. The van der Waals surface area contributed by atoms with E-state index >= 15 is 0 Å². The lowest BCUT2D eigenvalue weighted by Gasteiger charge is -2.28. The highest BCUT2D eigenvalue weighted by atomic mass is 16.4. The van der Waals surface area contributed by atoms with E-state index in [1.54, 1.807) is 19.0 Å². The molecule has 1 fully saturated rings. The van der Waals surface area contributed by atoms with Crippen molar-refractivity contribution in [3.8, 4) is 0 Å². The molecule has 2 N–H and O–H groups in total. The Labute approximate surface area is 112 Å². The number of carboxylic acids is 1. The molecule has 1 aliphatic heterocycles. The monoisotopic (exact) mass is 271 g/mol. The molecule has 0 aliphatic carbocycles. The first kappa shape index (κ1) is 15.3. The summed E-state index contributed by atoms with van der Waals surface area (Å²) < 4.78 is 0. The third-order valence-corrected chi connectivity index (χ3v) is 3.26. The van der Waals surface area contributed by atoms with Gasteiger partial charge < -0.3 is 20.2 Å². The maximum absolute atomic E-state index is 12.2. The van der Waals surface area contributed by atoms with E-state index in [1.165, 1.54) is 4.90 Å². The molecule has 1 aliphatic rings. The van der Waals surface area contributed by atoms with Gasteiger partial charge in [0.15, 0.2) is 0 Å². The number of rotatable bonds is 5. The average molecular weight is 271 g/mol. The molecule has 108 valence electrons. The summed E-state index contributed by atoms with van der Waals surface area (Å²) in [5, 5.41) is 11.1. The van der Waals surface area contributed by atoms with Crippen molar-refractivity contribution >= 4 is 17.9 Å². The van der Waals surface area contributed by atoms with Gasteiger partial charge in [0.05, 0.1) is 0 Å². The fourth-order valence-electron chi connectivity index (χ4n) is 2.22. The van der Waals surface area contributed by atoms with Crippen molar-refractivity contribution in [1.82, 2.24) is 15.1 Å². The summed E-state index contributed by atoms with van der Waals surface area (Å²) in [6.45, 7) is 0.947. The van der Waals surface area contributed by atoms with Gasteiger partial charge >= 0.3 is 12.0 Å². The molecule has 0 aromatic rings. The van der Waals surface area contributed by atoms with Gasteiger partial charge in [-0.25, -0.2) is 4.79 Å². The van der Waals surface area contributed by atoms with Crippen LogP contribution in [0.4, 0.5) is 4.79 Å². The molecule has 7 heteroatoms. The summed E-state index contributed by atoms with van der Waals surface area (Å²) >= 11 is 0. The SMILES string of the molecule is CNC(=O)C1CCCN1C(=O)N(C)CCCC(=O)O. The zero-order valence-corrected chi connectivity index (χ0v) is 11.4. The molecule has 1 heterocycles. The third-order valence-electron chi connectivity index (χ3n) is 3.26. The van der Waals surface area contributed by atoms with Crippen molar-refractivity contribution in [3.63, 3.8) is 0 Å². The quantitative estimate of drug-likeness (QED) is 0.743. The van der Waals surface area contributed by atoms with E-state index in [9.17, 15) is 14.4 Å². The lowest BCUT2D eigenvalue weighted by atomic mass is 10.2. The number of likely N-dealkylation sites (N-methyl/N-ethyl adjacent to an activating group) is 1. The van der Waals surface area contributed by atoms with E-state index in [-0.39, 0.29) is 18.4 Å². The fraction of sp³-hybridized carbons (Fsp3) is 0.750. The molecule has 3 amide bonds. The van der Waals surface area contributed by atoms with Crippen molar-refractivity contribution < 1.29 is 19.5 Å². The predicted octanol–water partition coefficient (Wildman–Crippen LogP) is 0.113. The predicted molar refractivity (Wildman–Crippen MR) is 68.7 cm³/mol. The number of nitrogens with zero attached hydrogens (tertiary/aromatic N) is 2. The van der Waals surface area contributed by atoms with Gasteiger partial charge in [0.25, 0.3) is 0 Å². The van der Waals surface area contributed by atoms with Crippen molar-refractivity contribution in [2.24, 2.45) is 0 Å². The van der Waals surface area contributed by atoms with Gasteiger partial charge in [0.2, 0.25) is 5.91 Å². The van der Waals surface area contributed by atoms with Gasteiger partial charge in [0.1, 0.15) is 6.04 Å². The second-order valence-corrected chi connectivity index (χ2v) is 4.67. The number of carbonyl (C=O) groups excluding carboxylic acids is 2. The molecular formula is C12H21N3O4. The van der Waals surface area contributed by atoms with Gasteiger partial charge in [-0.05, 0) is 19.3 Å². The van der Waals surface area contributed by atoms with Crippen LogP contribution in [-0.2, 0) is 9.59 Å². The molecule has 1 atom stereocenters. The smallest absolute Gasteiger partial charge is 0.320 e. The van der Waals surface area contributed by atoms with Crippen LogP contribution in [0.3, 0.4) is 0 Å². The van der Waals surface area contributed by atoms with Crippen LogP contribution in [0, 0.1) is 0 Å². The van der Waals surface area contributed by atoms with Crippen molar-refractivity contribution in [1.29, 1.82) is 0 Å². The van der Waals surface area contributed by atoms with E-state index in [2.05, 4.69) is 5.32 Å². The number of nitrogens with one attached hydrogen (secondary N) is 1.